The Morgan fingerprint density at radius 1 is 1.00 bits per heavy atom. The molecule has 1 N–H and O–H groups in total. The summed E-state index contributed by atoms with van der Waals surface area (Å²) in [5.74, 6) is 0.227. The first-order chi connectivity index (χ1) is 15.9. The number of nitrogens with zero attached hydrogens (tertiary/aromatic N) is 1. The average Bonchev–Trinajstić information content (AvgIpc) is 2.85. The number of sulfonamides is 1. The highest BCUT2D eigenvalue weighted by Gasteiger charge is 2.29. The fourth-order valence-corrected chi connectivity index (χ4v) is 5.26. The van der Waals surface area contributed by atoms with Gasteiger partial charge in [-0.3, -0.25) is 4.79 Å². The molecule has 1 amide bonds. The van der Waals surface area contributed by atoms with Crippen LogP contribution in [0, 0.1) is 0 Å². The van der Waals surface area contributed by atoms with Crippen LogP contribution in [0.15, 0.2) is 77.7 Å². The van der Waals surface area contributed by atoms with Gasteiger partial charge >= 0.3 is 0 Å². The Labute approximate surface area is 197 Å². The molecule has 0 radical (unpaired) electrons. The number of anilines is 1. The number of nitrogens with one attached hydrogen (secondary N) is 1. The first kappa shape index (κ1) is 23.3. The number of ether oxygens (including phenoxy) is 2. The summed E-state index contributed by atoms with van der Waals surface area (Å²) in [5.41, 5.74) is 1.80. The topological polar surface area (TPSA) is 84.9 Å². The first-order valence-corrected chi connectivity index (χ1v) is 12.2. The minimum absolute atomic E-state index is 0.0676. The van der Waals surface area contributed by atoms with Crippen molar-refractivity contribution < 1.29 is 22.7 Å². The minimum Gasteiger partial charge on any atom is -0.489 e. The number of benzene rings is 3. The lowest BCUT2D eigenvalue weighted by Gasteiger charge is -2.26. The molecule has 1 heterocycles. The van der Waals surface area contributed by atoms with E-state index in [9.17, 15) is 13.2 Å². The van der Waals surface area contributed by atoms with Crippen molar-refractivity contribution in [2.24, 2.45) is 0 Å². The maximum absolute atomic E-state index is 13.0. The Morgan fingerprint density at radius 2 is 1.70 bits per heavy atom. The van der Waals surface area contributed by atoms with Crippen LogP contribution in [0.4, 0.5) is 5.69 Å². The molecule has 3 aromatic carbocycles. The van der Waals surface area contributed by atoms with Gasteiger partial charge in [0, 0.05) is 24.3 Å². The molecule has 0 aromatic heterocycles. The van der Waals surface area contributed by atoms with Crippen molar-refractivity contribution in [3.63, 3.8) is 0 Å². The van der Waals surface area contributed by atoms with Crippen LogP contribution in [0.2, 0.25) is 5.02 Å². The lowest BCUT2D eigenvalue weighted by molar-refractivity contribution is 0.0730. The predicted molar refractivity (Wildman–Crippen MR) is 126 cm³/mol. The zero-order valence-corrected chi connectivity index (χ0v) is 19.3. The number of hydrogen-bond donors (Lipinski definition) is 1. The zero-order chi connectivity index (χ0) is 23.3. The summed E-state index contributed by atoms with van der Waals surface area (Å²) < 4.78 is 38.3. The largest absolute Gasteiger partial charge is 0.489 e. The van der Waals surface area contributed by atoms with E-state index in [0.29, 0.717) is 31.3 Å². The van der Waals surface area contributed by atoms with Crippen LogP contribution in [0.5, 0.6) is 5.75 Å². The van der Waals surface area contributed by atoms with E-state index in [1.165, 1.54) is 22.5 Å². The summed E-state index contributed by atoms with van der Waals surface area (Å²) in [5, 5.41) is 2.84. The molecule has 0 saturated carbocycles. The SMILES string of the molecule is O=C(Nc1ccc(OCc2ccccc2)cc1)c1ccc(Cl)c(S(=O)(=O)N2CCOCC2)c1. The summed E-state index contributed by atoms with van der Waals surface area (Å²) in [6.45, 7) is 1.57. The van der Waals surface area contributed by atoms with Crippen LogP contribution < -0.4 is 10.1 Å². The molecule has 1 fully saturated rings. The van der Waals surface area contributed by atoms with Crippen molar-refractivity contribution in [2.75, 3.05) is 31.6 Å². The van der Waals surface area contributed by atoms with Crippen molar-refractivity contribution in [3.8, 4) is 5.75 Å². The van der Waals surface area contributed by atoms with Gasteiger partial charge in [0.1, 0.15) is 17.3 Å². The monoisotopic (exact) mass is 486 g/mol. The molecule has 1 aliphatic heterocycles. The highest BCUT2D eigenvalue weighted by molar-refractivity contribution is 7.89. The van der Waals surface area contributed by atoms with Crippen molar-refractivity contribution in [3.05, 3.63) is 88.9 Å². The van der Waals surface area contributed by atoms with Crippen LogP contribution in [-0.4, -0.2) is 44.9 Å². The average molecular weight is 487 g/mol. The predicted octanol–water partition coefficient (Wildman–Crippen LogP) is 4.19. The van der Waals surface area contributed by atoms with Crippen molar-refractivity contribution in [1.29, 1.82) is 0 Å². The van der Waals surface area contributed by atoms with Crippen molar-refractivity contribution in [2.45, 2.75) is 11.5 Å². The Morgan fingerprint density at radius 3 is 2.39 bits per heavy atom. The molecule has 0 spiro atoms. The molecule has 0 bridgehead atoms. The number of morpholine rings is 1. The molecule has 0 aliphatic carbocycles. The molecule has 3 aromatic rings. The van der Waals surface area contributed by atoms with E-state index < -0.39 is 15.9 Å². The third kappa shape index (κ3) is 5.72. The lowest BCUT2D eigenvalue weighted by atomic mass is 10.2. The smallest absolute Gasteiger partial charge is 0.255 e. The number of amides is 1. The number of carbonyl (C=O) groups excluding carboxylic acids is 1. The van der Waals surface area contributed by atoms with Gasteiger partial charge < -0.3 is 14.8 Å². The van der Waals surface area contributed by atoms with Crippen LogP contribution >= 0.6 is 11.6 Å². The van der Waals surface area contributed by atoms with Gasteiger partial charge in [-0.1, -0.05) is 41.9 Å². The van der Waals surface area contributed by atoms with Gasteiger partial charge in [0.05, 0.1) is 18.2 Å². The van der Waals surface area contributed by atoms with Crippen LogP contribution in [-0.2, 0) is 21.4 Å². The lowest BCUT2D eigenvalue weighted by Crippen LogP contribution is -2.40. The number of rotatable bonds is 7. The second-order valence-electron chi connectivity index (χ2n) is 7.41. The number of carbonyl (C=O) groups is 1. The van der Waals surface area contributed by atoms with Crippen molar-refractivity contribution in [1.82, 2.24) is 4.31 Å². The van der Waals surface area contributed by atoms with Crippen LogP contribution in [0.1, 0.15) is 15.9 Å². The molecular formula is C24H23ClN2O5S. The third-order valence-electron chi connectivity index (χ3n) is 5.14. The molecule has 1 saturated heterocycles. The van der Waals surface area contributed by atoms with Gasteiger partial charge in [-0.25, -0.2) is 8.42 Å². The van der Waals surface area contributed by atoms with Crippen molar-refractivity contribution >= 4 is 33.2 Å². The fourth-order valence-electron chi connectivity index (χ4n) is 3.35. The quantitative estimate of drug-likeness (QED) is 0.541. The Bertz CT molecular complexity index is 1210. The number of hydrogen-bond acceptors (Lipinski definition) is 5. The summed E-state index contributed by atoms with van der Waals surface area (Å²) in [6.07, 6.45) is 0. The van der Waals surface area contributed by atoms with Gasteiger partial charge in [0.25, 0.3) is 5.91 Å². The maximum atomic E-state index is 13.0. The van der Waals surface area contributed by atoms with Gasteiger partial charge in [-0.15, -0.1) is 0 Å². The summed E-state index contributed by atoms with van der Waals surface area (Å²) in [6, 6.07) is 21.0. The second kappa shape index (κ2) is 10.4. The Hall–Kier alpha value is -2.91. The van der Waals surface area contributed by atoms with Gasteiger partial charge in [-0.2, -0.15) is 4.31 Å². The molecule has 1 aliphatic rings. The van der Waals surface area contributed by atoms with E-state index in [4.69, 9.17) is 21.1 Å². The van der Waals surface area contributed by atoms with E-state index >= 15 is 0 Å². The van der Waals surface area contributed by atoms with Crippen LogP contribution in [0.25, 0.3) is 0 Å². The zero-order valence-electron chi connectivity index (χ0n) is 17.7. The van der Waals surface area contributed by atoms with Gasteiger partial charge in [0.2, 0.25) is 10.0 Å². The summed E-state index contributed by atoms with van der Waals surface area (Å²) in [4.78, 5) is 12.7. The highest BCUT2D eigenvalue weighted by Crippen LogP contribution is 2.27. The Kier molecular flexibility index (Phi) is 7.29. The van der Waals surface area contributed by atoms with E-state index in [-0.39, 0.29) is 28.6 Å². The molecule has 7 nitrogen and oxygen atoms in total. The van der Waals surface area contributed by atoms with E-state index in [0.717, 1.165) is 5.56 Å². The minimum atomic E-state index is -3.83. The normalized spacial score (nSPS) is 14.6. The third-order valence-corrected chi connectivity index (χ3v) is 7.52. The standard InChI is InChI=1S/C24H23ClN2O5S/c25-22-11-6-19(16-23(22)33(29,30)27-12-14-31-15-13-27)24(28)26-20-7-9-21(10-8-20)32-17-18-4-2-1-3-5-18/h1-11,16H,12-15,17H2,(H,26,28). The maximum Gasteiger partial charge on any atom is 0.255 e. The Balaban J connectivity index is 1.43. The molecule has 0 unspecified atom stereocenters. The molecule has 172 valence electrons. The number of halogens is 1. The first-order valence-electron chi connectivity index (χ1n) is 10.4. The summed E-state index contributed by atoms with van der Waals surface area (Å²) in [7, 11) is -3.83. The van der Waals surface area contributed by atoms with Gasteiger partial charge in [-0.05, 0) is 48.0 Å². The van der Waals surface area contributed by atoms with Gasteiger partial charge in [0.15, 0.2) is 0 Å². The molecular weight excluding hydrogens is 464 g/mol. The molecule has 33 heavy (non-hydrogen) atoms. The molecule has 9 heteroatoms. The molecule has 0 atom stereocenters. The van der Waals surface area contributed by atoms with E-state index in [1.807, 2.05) is 30.3 Å². The van der Waals surface area contributed by atoms with E-state index in [1.54, 1.807) is 24.3 Å². The van der Waals surface area contributed by atoms with Crippen LogP contribution in [0.3, 0.4) is 0 Å². The second-order valence-corrected chi connectivity index (χ2v) is 9.73. The molecule has 4 rings (SSSR count). The highest BCUT2D eigenvalue weighted by atomic mass is 35.5. The fraction of sp³-hybridized carbons (Fsp3) is 0.208. The van der Waals surface area contributed by atoms with E-state index in [2.05, 4.69) is 5.32 Å². The summed E-state index contributed by atoms with van der Waals surface area (Å²) >= 11 is 6.17.